The van der Waals surface area contributed by atoms with Crippen molar-refractivity contribution in [3.8, 4) is 0 Å². The first-order valence-electron chi connectivity index (χ1n) is 10.7. The van der Waals surface area contributed by atoms with Gasteiger partial charge in [-0.15, -0.1) is 0 Å². The molecule has 0 spiro atoms. The molecule has 2 amide bonds. The van der Waals surface area contributed by atoms with Gasteiger partial charge in [-0.25, -0.2) is 4.39 Å². The van der Waals surface area contributed by atoms with Crippen molar-refractivity contribution in [2.24, 2.45) is 5.92 Å². The van der Waals surface area contributed by atoms with E-state index in [4.69, 9.17) is 0 Å². The largest absolute Gasteiger partial charge is 0.342 e. The van der Waals surface area contributed by atoms with Gasteiger partial charge < -0.3 is 14.7 Å². The van der Waals surface area contributed by atoms with E-state index in [0.717, 1.165) is 64.7 Å². The van der Waals surface area contributed by atoms with Gasteiger partial charge in [0, 0.05) is 43.7 Å². The molecule has 3 fully saturated rings. The molecule has 6 heteroatoms. The molecule has 3 aliphatic heterocycles. The maximum Gasteiger partial charge on any atom is 0.253 e. The molecule has 5 nitrogen and oxygen atoms in total. The van der Waals surface area contributed by atoms with Crippen LogP contribution in [-0.4, -0.2) is 71.8 Å². The summed E-state index contributed by atoms with van der Waals surface area (Å²) in [5.41, 5.74) is 0.430. The Balaban J connectivity index is 1.24. The summed E-state index contributed by atoms with van der Waals surface area (Å²) in [7, 11) is 0. The summed E-state index contributed by atoms with van der Waals surface area (Å²) >= 11 is 0. The topological polar surface area (TPSA) is 43.9 Å². The molecule has 0 N–H and O–H groups in total. The molecule has 1 aromatic carbocycles. The normalized spacial score (nSPS) is 22.6. The molecule has 0 radical (unpaired) electrons. The Labute approximate surface area is 166 Å². The summed E-state index contributed by atoms with van der Waals surface area (Å²) < 4.78 is 13.4. The zero-order valence-corrected chi connectivity index (χ0v) is 16.5. The minimum atomic E-state index is -0.368. The summed E-state index contributed by atoms with van der Waals surface area (Å²) in [5.74, 6) is 0.122. The quantitative estimate of drug-likeness (QED) is 0.801. The van der Waals surface area contributed by atoms with Crippen molar-refractivity contribution < 1.29 is 14.0 Å². The number of carbonyl (C=O) groups excluding carboxylic acids is 2. The van der Waals surface area contributed by atoms with Crippen LogP contribution in [0.2, 0.25) is 0 Å². The van der Waals surface area contributed by atoms with Crippen molar-refractivity contribution in [2.45, 2.75) is 44.6 Å². The zero-order valence-electron chi connectivity index (χ0n) is 16.5. The van der Waals surface area contributed by atoms with Crippen LogP contribution in [0.25, 0.3) is 0 Å². The number of likely N-dealkylation sites (tertiary alicyclic amines) is 3. The van der Waals surface area contributed by atoms with Crippen LogP contribution in [0.1, 0.15) is 48.9 Å². The maximum atomic E-state index is 13.4. The fourth-order valence-electron chi connectivity index (χ4n) is 4.95. The van der Waals surface area contributed by atoms with Crippen LogP contribution in [0.4, 0.5) is 4.39 Å². The minimum Gasteiger partial charge on any atom is -0.342 e. The Morgan fingerprint density at radius 2 is 1.54 bits per heavy atom. The first-order chi connectivity index (χ1) is 13.6. The second-order valence-corrected chi connectivity index (χ2v) is 8.38. The van der Waals surface area contributed by atoms with Gasteiger partial charge in [-0.3, -0.25) is 9.59 Å². The molecule has 152 valence electrons. The van der Waals surface area contributed by atoms with Crippen molar-refractivity contribution in [3.63, 3.8) is 0 Å². The highest BCUT2D eigenvalue weighted by atomic mass is 19.1. The molecule has 3 aliphatic rings. The summed E-state index contributed by atoms with van der Waals surface area (Å²) in [6.45, 7) is 5.27. The lowest BCUT2D eigenvalue weighted by Crippen LogP contribution is -2.50. The summed E-state index contributed by atoms with van der Waals surface area (Å²) in [6, 6.07) is 6.43. The second kappa shape index (κ2) is 8.60. The monoisotopic (exact) mass is 387 g/mol. The molecule has 28 heavy (non-hydrogen) atoms. The van der Waals surface area contributed by atoms with Crippen molar-refractivity contribution in [1.29, 1.82) is 0 Å². The van der Waals surface area contributed by atoms with Gasteiger partial charge in [-0.2, -0.15) is 0 Å². The number of hydrogen-bond donors (Lipinski definition) is 0. The number of halogens is 1. The molecule has 0 aromatic heterocycles. The fraction of sp³-hybridized carbons (Fsp3) is 0.636. The van der Waals surface area contributed by atoms with E-state index in [1.165, 1.54) is 12.1 Å². The van der Waals surface area contributed by atoms with E-state index >= 15 is 0 Å². The number of piperidine rings is 2. The highest BCUT2D eigenvalue weighted by Crippen LogP contribution is 2.26. The van der Waals surface area contributed by atoms with E-state index in [9.17, 15) is 14.0 Å². The van der Waals surface area contributed by atoms with Gasteiger partial charge in [-0.1, -0.05) is 6.07 Å². The molecule has 4 rings (SSSR count). The standard InChI is InChI=1S/C22H30FN3O2/c23-19-5-3-4-18(16-19)22(28)26-14-8-20(9-15-26)24-12-6-17(7-13-24)21(27)25-10-1-2-11-25/h3-5,16-17,20H,1-2,6-15H2. The summed E-state index contributed by atoms with van der Waals surface area (Å²) in [6.07, 6.45) is 6.11. The third-order valence-electron chi connectivity index (χ3n) is 6.64. The predicted octanol–water partition coefficient (Wildman–Crippen LogP) is 2.76. The van der Waals surface area contributed by atoms with Crippen molar-refractivity contribution in [1.82, 2.24) is 14.7 Å². The van der Waals surface area contributed by atoms with Crippen LogP contribution < -0.4 is 0 Å². The van der Waals surface area contributed by atoms with Crippen molar-refractivity contribution in [2.75, 3.05) is 39.3 Å². The molecule has 3 heterocycles. The fourth-order valence-corrected chi connectivity index (χ4v) is 4.95. The molecule has 0 bridgehead atoms. The van der Waals surface area contributed by atoms with E-state index in [0.29, 0.717) is 30.6 Å². The van der Waals surface area contributed by atoms with Crippen molar-refractivity contribution >= 4 is 11.8 Å². The smallest absolute Gasteiger partial charge is 0.253 e. The number of hydrogen-bond acceptors (Lipinski definition) is 3. The van der Waals surface area contributed by atoms with Crippen LogP contribution in [0.3, 0.4) is 0 Å². The molecule has 0 saturated carbocycles. The van der Waals surface area contributed by atoms with Gasteiger partial charge >= 0.3 is 0 Å². The lowest BCUT2D eigenvalue weighted by molar-refractivity contribution is -0.136. The molecule has 0 unspecified atom stereocenters. The Kier molecular flexibility index (Phi) is 5.95. The number of nitrogens with zero attached hydrogens (tertiary/aromatic N) is 3. The highest BCUT2D eigenvalue weighted by molar-refractivity contribution is 5.94. The van der Waals surface area contributed by atoms with E-state index in [2.05, 4.69) is 9.80 Å². The lowest BCUT2D eigenvalue weighted by atomic mass is 9.92. The van der Waals surface area contributed by atoms with Gasteiger partial charge in [0.1, 0.15) is 5.82 Å². The Morgan fingerprint density at radius 3 is 2.18 bits per heavy atom. The molecule has 1 aromatic rings. The van der Waals surface area contributed by atoms with Gasteiger partial charge in [0.2, 0.25) is 5.91 Å². The Bertz CT molecular complexity index is 703. The van der Waals surface area contributed by atoms with Crippen LogP contribution in [0, 0.1) is 11.7 Å². The first-order valence-corrected chi connectivity index (χ1v) is 10.7. The zero-order chi connectivity index (χ0) is 19.5. The maximum absolute atomic E-state index is 13.4. The van der Waals surface area contributed by atoms with Gasteiger partial charge in [0.05, 0.1) is 0 Å². The van der Waals surface area contributed by atoms with Crippen LogP contribution in [0.15, 0.2) is 24.3 Å². The number of carbonyl (C=O) groups is 2. The third kappa shape index (κ3) is 4.22. The highest BCUT2D eigenvalue weighted by Gasteiger charge is 2.33. The second-order valence-electron chi connectivity index (χ2n) is 8.38. The SMILES string of the molecule is O=C(c1cccc(F)c1)N1CCC(N2CCC(C(=O)N3CCCC3)CC2)CC1. The van der Waals surface area contributed by atoms with E-state index < -0.39 is 0 Å². The van der Waals surface area contributed by atoms with E-state index in [1.54, 1.807) is 12.1 Å². The first kappa shape index (κ1) is 19.4. The minimum absolute atomic E-state index is 0.0760. The van der Waals surface area contributed by atoms with E-state index in [-0.39, 0.29) is 17.6 Å². The van der Waals surface area contributed by atoms with Crippen LogP contribution in [0.5, 0.6) is 0 Å². The van der Waals surface area contributed by atoms with Gasteiger partial charge in [0.15, 0.2) is 0 Å². The summed E-state index contributed by atoms with van der Waals surface area (Å²) in [4.78, 5) is 31.6. The predicted molar refractivity (Wildman–Crippen MR) is 105 cm³/mol. The number of amides is 2. The van der Waals surface area contributed by atoms with Gasteiger partial charge in [0.25, 0.3) is 5.91 Å². The van der Waals surface area contributed by atoms with Crippen LogP contribution >= 0.6 is 0 Å². The lowest BCUT2D eigenvalue weighted by Gasteiger charge is -2.42. The third-order valence-corrected chi connectivity index (χ3v) is 6.64. The number of benzene rings is 1. The van der Waals surface area contributed by atoms with E-state index in [1.807, 2.05) is 4.90 Å². The van der Waals surface area contributed by atoms with Gasteiger partial charge in [-0.05, 0) is 69.8 Å². The molecule has 0 aliphatic carbocycles. The van der Waals surface area contributed by atoms with Crippen LogP contribution in [-0.2, 0) is 4.79 Å². The number of rotatable bonds is 3. The average molecular weight is 387 g/mol. The molecular weight excluding hydrogens is 357 g/mol. The molecule has 0 atom stereocenters. The summed E-state index contributed by atoms with van der Waals surface area (Å²) in [5, 5.41) is 0. The Hall–Kier alpha value is -1.95. The van der Waals surface area contributed by atoms with Crippen molar-refractivity contribution in [3.05, 3.63) is 35.6 Å². The average Bonchev–Trinajstić information content (AvgIpc) is 3.28. The molecular formula is C22H30FN3O2. The molecule has 3 saturated heterocycles. The Morgan fingerprint density at radius 1 is 0.857 bits per heavy atom.